The van der Waals surface area contributed by atoms with E-state index < -0.39 is 22.5 Å². The fourth-order valence-electron chi connectivity index (χ4n) is 3.29. The fraction of sp³-hybridized carbons (Fsp3) is 0.208. The van der Waals surface area contributed by atoms with Crippen molar-refractivity contribution in [3.63, 3.8) is 0 Å². The van der Waals surface area contributed by atoms with Crippen LogP contribution in [-0.4, -0.2) is 35.1 Å². The Balaban J connectivity index is 2.04. The van der Waals surface area contributed by atoms with E-state index in [0.717, 1.165) is 15.4 Å². The SMILES string of the molecule is COc1ccc(OC)c(N(CC(=O)Nc2ccc(C)cc2C)S(=O)(=O)c2ccccc2)c1. The van der Waals surface area contributed by atoms with E-state index in [0.29, 0.717) is 17.2 Å². The lowest BCUT2D eigenvalue weighted by molar-refractivity contribution is -0.114. The minimum absolute atomic E-state index is 0.0594. The van der Waals surface area contributed by atoms with E-state index in [9.17, 15) is 13.2 Å². The van der Waals surface area contributed by atoms with Gasteiger partial charge in [0.15, 0.2) is 0 Å². The number of anilines is 2. The zero-order valence-electron chi connectivity index (χ0n) is 18.5. The summed E-state index contributed by atoms with van der Waals surface area (Å²) >= 11 is 0. The number of sulfonamides is 1. The molecule has 0 aliphatic rings. The summed E-state index contributed by atoms with van der Waals surface area (Å²) in [7, 11) is -1.16. The van der Waals surface area contributed by atoms with E-state index >= 15 is 0 Å². The van der Waals surface area contributed by atoms with Gasteiger partial charge in [-0.05, 0) is 49.7 Å². The quantitative estimate of drug-likeness (QED) is 0.553. The van der Waals surface area contributed by atoms with Crippen LogP contribution in [0.15, 0.2) is 71.6 Å². The molecule has 0 bridgehead atoms. The molecule has 0 aliphatic carbocycles. The number of nitrogens with one attached hydrogen (secondary N) is 1. The van der Waals surface area contributed by atoms with Crippen LogP contribution in [0.2, 0.25) is 0 Å². The molecule has 0 saturated heterocycles. The number of benzene rings is 3. The largest absolute Gasteiger partial charge is 0.497 e. The highest BCUT2D eigenvalue weighted by Crippen LogP contribution is 2.35. The Labute approximate surface area is 188 Å². The molecule has 0 radical (unpaired) electrons. The van der Waals surface area contributed by atoms with E-state index in [1.165, 1.54) is 32.4 Å². The van der Waals surface area contributed by atoms with E-state index in [1.54, 1.807) is 36.4 Å². The molecule has 0 heterocycles. The molecule has 3 aromatic carbocycles. The molecule has 0 unspecified atom stereocenters. The maximum Gasteiger partial charge on any atom is 0.264 e. The molecule has 168 valence electrons. The molecule has 3 aromatic rings. The Bertz CT molecular complexity index is 1210. The van der Waals surface area contributed by atoms with Gasteiger partial charge < -0.3 is 14.8 Å². The van der Waals surface area contributed by atoms with Gasteiger partial charge in [0.25, 0.3) is 10.0 Å². The maximum atomic E-state index is 13.5. The first kappa shape index (κ1) is 23.1. The molecule has 0 atom stereocenters. The van der Waals surface area contributed by atoms with Crippen LogP contribution in [0.5, 0.6) is 11.5 Å². The fourth-order valence-corrected chi connectivity index (χ4v) is 4.73. The van der Waals surface area contributed by atoms with Gasteiger partial charge in [-0.2, -0.15) is 0 Å². The van der Waals surface area contributed by atoms with Crippen LogP contribution in [0, 0.1) is 13.8 Å². The van der Waals surface area contributed by atoms with Crippen LogP contribution in [0.25, 0.3) is 0 Å². The summed E-state index contributed by atoms with van der Waals surface area (Å²) in [5.74, 6) is 0.245. The molecule has 3 rings (SSSR count). The van der Waals surface area contributed by atoms with Gasteiger partial charge >= 0.3 is 0 Å². The summed E-state index contributed by atoms with van der Waals surface area (Å²) in [4.78, 5) is 13.0. The van der Waals surface area contributed by atoms with Gasteiger partial charge in [0, 0.05) is 11.8 Å². The van der Waals surface area contributed by atoms with E-state index in [-0.39, 0.29) is 10.6 Å². The van der Waals surface area contributed by atoms with Crippen molar-refractivity contribution in [1.82, 2.24) is 0 Å². The van der Waals surface area contributed by atoms with Gasteiger partial charge in [-0.25, -0.2) is 8.42 Å². The highest BCUT2D eigenvalue weighted by molar-refractivity contribution is 7.92. The lowest BCUT2D eigenvalue weighted by Crippen LogP contribution is -2.38. The van der Waals surface area contributed by atoms with Crippen molar-refractivity contribution >= 4 is 27.3 Å². The lowest BCUT2D eigenvalue weighted by Gasteiger charge is -2.26. The Morgan fingerprint density at radius 2 is 1.66 bits per heavy atom. The van der Waals surface area contributed by atoms with Crippen LogP contribution in [0.1, 0.15) is 11.1 Å². The molecule has 1 N–H and O–H groups in total. The van der Waals surface area contributed by atoms with Gasteiger partial charge in [-0.15, -0.1) is 0 Å². The highest BCUT2D eigenvalue weighted by Gasteiger charge is 2.30. The number of hydrogen-bond donors (Lipinski definition) is 1. The van der Waals surface area contributed by atoms with Crippen LogP contribution in [0.4, 0.5) is 11.4 Å². The van der Waals surface area contributed by atoms with Crippen molar-refractivity contribution in [2.45, 2.75) is 18.7 Å². The third-order valence-corrected chi connectivity index (χ3v) is 6.70. The molecule has 1 amide bonds. The number of ether oxygens (including phenoxy) is 2. The van der Waals surface area contributed by atoms with Crippen molar-refractivity contribution in [1.29, 1.82) is 0 Å². The van der Waals surface area contributed by atoms with E-state index in [4.69, 9.17) is 9.47 Å². The van der Waals surface area contributed by atoms with Gasteiger partial charge in [0.2, 0.25) is 5.91 Å². The zero-order valence-corrected chi connectivity index (χ0v) is 19.3. The number of carbonyl (C=O) groups is 1. The summed E-state index contributed by atoms with van der Waals surface area (Å²) in [5.41, 5.74) is 2.77. The second kappa shape index (κ2) is 9.74. The third kappa shape index (κ3) is 5.03. The number of carbonyl (C=O) groups excluding carboxylic acids is 1. The Morgan fingerprint density at radius 3 is 2.28 bits per heavy atom. The summed E-state index contributed by atoms with van der Waals surface area (Å²) in [6.07, 6.45) is 0. The number of nitrogens with zero attached hydrogens (tertiary/aromatic N) is 1. The van der Waals surface area contributed by atoms with Gasteiger partial charge in [0.1, 0.15) is 18.0 Å². The number of rotatable bonds is 8. The van der Waals surface area contributed by atoms with Crippen molar-refractivity contribution in [2.24, 2.45) is 0 Å². The second-order valence-corrected chi connectivity index (χ2v) is 9.09. The molecular formula is C24H26N2O5S. The predicted molar refractivity (Wildman–Crippen MR) is 125 cm³/mol. The standard InChI is InChI=1S/C24H26N2O5S/c1-17-10-12-21(18(2)14-17)25-24(27)16-26(32(28,29)20-8-6-5-7-9-20)22-15-19(30-3)11-13-23(22)31-4/h5-15H,16H2,1-4H3,(H,25,27). The van der Waals surface area contributed by atoms with E-state index in [1.807, 2.05) is 26.0 Å². The van der Waals surface area contributed by atoms with Crippen LogP contribution < -0.4 is 19.1 Å². The third-order valence-electron chi connectivity index (χ3n) is 4.93. The smallest absolute Gasteiger partial charge is 0.264 e. The van der Waals surface area contributed by atoms with Gasteiger partial charge in [-0.3, -0.25) is 9.10 Å². The molecule has 8 heteroatoms. The molecular weight excluding hydrogens is 428 g/mol. The van der Waals surface area contributed by atoms with Crippen LogP contribution in [0.3, 0.4) is 0 Å². The average molecular weight is 455 g/mol. The molecule has 0 aromatic heterocycles. The maximum absolute atomic E-state index is 13.5. The number of amides is 1. The molecule has 0 saturated carbocycles. The number of aryl methyl sites for hydroxylation is 2. The first-order chi connectivity index (χ1) is 15.3. The topological polar surface area (TPSA) is 84.9 Å². The minimum atomic E-state index is -4.08. The molecule has 0 spiro atoms. The monoisotopic (exact) mass is 454 g/mol. The highest BCUT2D eigenvalue weighted by atomic mass is 32.2. The summed E-state index contributed by atoms with van der Waals surface area (Å²) in [5, 5.41) is 2.81. The van der Waals surface area contributed by atoms with Gasteiger partial charge in [0.05, 0.1) is 24.8 Å². The number of methoxy groups -OCH3 is 2. The first-order valence-electron chi connectivity index (χ1n) is 9.93. The molecule has 32 heavy (non-hydrogen) atoms. The number of hydrogen-bond acceptors (Lipinski definition) is 5. The van der Waals surface area contributed by atoms with Crippen LogP contribution >= 0.6 is 0 Å². The Kier molecular flexibility index (Phi) is 7.05. The zero-order chi connectivity index (χ0) is 23.3. The molecule has 7 nitrogen and oxygen atoms in total. The second-order valence-electron chi connectivity index (χ2n) is 7.23. The lowest BCUT2D eigenvalue weighted by atomic mass is 10.1. The molecule has 0 aliphatic heterocycles. The Morgan fingerprint density at radius 1 is 0.938 bits per heavy atom. The first-order valence-corrected chi connectivity index (χ1v) is 11.4. The average Bonchev–Trinajstić information content (AvgIpc) is 2.79. The summed E-state index contributed by atoms with van der Waals surface area (Å²) < 4.78 is 38.8. The van der Waals surface area contributed by atoms with Crippen molar-refractivity contribution in [3.8, 4) is 11.5 Å². The van der Waals surface area contributed by atoms with Crippen molar-refractivity contribution < 1.29 is 22.7 Å². The van der Waals surface area contributed by atoms with Gasteiger partial charge in [-0.1, -0.05) is 35.9 Å². The summed E-state index contributed by atoms with van der Waals surface area (Å²) in [6, 6.07) is 18.4. The normalized spacial score (nSPS) is 11.0. The minimum Gasteiger partial charge on any atom is -0.497 e. The molecule has 0 fully saturated rings. The van der Waals surface area contributed by atoms with E-state index in [2.05, 4.69) is 5.32 Å². The summed E-state index contributed by atoms with van der Waals surface area (Å²) in [6.45, 7) is 3.39. The van der Waals surface area contributed by atoms with Crippen molar-refractivity contribution in [3.05, 3.63) is 77.9 Å². The predicted octanol–water partition coefficient (Wildman–Crippen LogP) is 4.15. The Hall–Kier alpha value is -3.52. The van der Waals surface area contributed by atoms with Crippen molar-refractivity contribution in [2.75, 3.05) is 30.4 Å². The van der Waals surface area contributed by atoms with Crippen LogP contribution in [-0.2, 0) is 14.8 Å².